The van der Waals surface area contributed by atoms with Crippen molar-refractivity contribution in [3.8, 4) is 0 Å². The van der Waals surface area contributed by atoms with Crippen LogP contribution in [0.15, 0.2) is 40.2 Å². The highest BCUT2D eigenvalue weighted by Gasteiger charge is 2.20. The van der Waals surface area contributed by atoms with E-state index < -0.39 is 11.9 Å². The normalized spacial score (nSPS) is 13.9. The summed E-state index contributed by atoms with van der Waals surface area (Å²) >= 11 is 6.31. The lowest BCUT2D eigenvalue weighted by molar-refractivity contribution is -0.143. The van der Waals surface area contributed by atoms with Crippen molar-refractivity contribution in [3.05, 3.63) is 56.5 Å². The summed E-state index contributed by atoms with van der Waals surface area (Å²) in [6, 6.07) is 7.92. The van der Waals surface area contributed by atoms with Gasteiger partial charge >= 0.3 is 17.6 Å². The first kappa shape index (κ1) is 27.0. The first-order chi connectivity index (χ1) is 17.1. The molecule has 12 nitrogen and oxygen atoms in total. The summed E-state index contributed by atoms with van der Waals surface area (Å²) in [5.41, 5.74) is 1.31. The maximum absolute atomic E-state index is 12.5. The fourth-order valence-corrected chi connectivity index (χ4v) is 4.21. The number of imidazole rings is 1. The number of carbonyl (C=O) groups is 2. The lowest BCUT2D eigenvalue weighted by atomic mass is 10.2. The second kappa shape index (κ2) is 11.9. The Morgan fingerprint density at radius 2 is 1.56 bits per heavy atom. The summed E-state index contributed by atoms with van der Waals surface area (Å²) in [4.78, 5) is 52.8. The van der Waals surface area contributed by atoms with Crippen molar-refractivity contribution in [2.45, 2.75) is 19.4 Å². The van der Waals surface area contributed by atoms with Gasteiger partial charge in [0.2, 0.25) is 0 Å². The van der Waals surface area contributed by atoms with Gasteiger partial charge in [0.1, 0.15) is 0 Å². The maximum atomic E-state index is 12.5. The Hall–Kier alpha value is -3.64. The molecule has 1 fully saturated rings. The van der Waals surface area contributed by atoms with Crippen LogP contribution < -0.4 is 16.1 Å². The maximum Gasteiger partial charge on any atom is 0.332 e. The van der Waals surface area contributed by atoms with Crippen LogP contribution in [0, 0.1) is 0 Å². The number of aromatic nitrogens is 4. The number of anilines is 1. The SMILES string of the molecule is Cn1c(=O)c2c(ncn2CCN2CCN(c3ccccc3Cl)CC2)n(C)c1=O.O=C(O)CCC(=O)O. The molecule has 3 aromatic rings. The third kappa shape index (κ3) is 6.32. The van der Waals surface area contributed by atoms with Gasteiger partial charge in [0, 0.05) is 53.4 Å². The topological polar surface area (TPSA) is 143 Å². The summed E-state index contributed by atoms with van der Waals surface area (Å²) in [5, 5.41) is 16.6. The van der Waals surface area contributed by atoms with Crippen LogP contribution in [0.25, 0.3) is 11.2 Å². The van der Waals surface area contributed by atoms with E-state index in [-0.39, 0.29) is 24.1 Å². The molecule has 2 N–H and O–H groups in total. The zero-order valence-electron chi connectivity index (χ0n) is 20.1. The van der Waals surface area contributed by atoms with E-state index in [1.54, 1.807) is 13.4 Å². The molecule has 0 radical (unpaired) electrons. The van der Waals surface area contributed by atoms with Crippen molar-refractivity contribution >= 4 is 40.4 Å². The van der Waals surface area contributed by atoms with Crippen LogP contribution in [0.4, 0.5) is 5.69 Å². The third-order valence-corrected chi connectivity index (χ3v) is 6.31. The Morgan fingerprint density at radius 1 is 0.944 bits per heavy atom. The highest BCUT2D eigenvalue weighted by Crippen LogP contribution is 2.26. The minimum Gasteiger partial charge on any atom is -0.481 e. The number of fused-ring (bicyclic) bond motifs is 1. The summed E-state index contributed by atoms with van der Waals surface area (Å²) in [5.74, 6) is -2.15. The first-order valence-corrected chi connectivity index (χ1v) is 11.7. The number of para-hydroxylation sites is 1. The molecular formula is C23H29ClN6O6. The average Bonchev–Trinajstić information content (AvgIpc) is 3.29. The molecule has 0 atom stereocenters. The van der Waals surface area contributed by atoms with E-state index in [0.717, 1.165) is 48.0 Å². The summed E-state index contributed by atoms with van der Waals surface area (Å²) < 4.78 is 4.38. The van der Waals surface area contributed by atoms with Crippen LogP contribution in [0.1, 0.15) is 12.8 Å². The fraction of sp³-hybridized carbons (Fsp3) is 0.435. The number of hydrogen-bond donors (Lipinski definition) is 2. The van der Waals surface area contributed by atoms with Gasteiger partial charge in [-0.2, -0.15) is 0 Å². The van der Waals surface area contributed by atoms with Crippen molar-refractivity contribution in [1.29, 1.82) is 0 Å². The molecule has 1 aliphatic heterocycles. The summed E-state index contributed by atoms with van der Waals surface area (Å²) in [6.07, 6.45) is 1.05. The Kier molecular flexibility index (Phi) is 8.88. The molecule has 1 aromatic carbocycles. The smallest absolute Gasteiger partial charge is 0.332 e. The molecule has 0 amide bonds. The summed E-state index contributed by atoms with van der Waals surface area (Å²) in [7, 11) is 3.13. The van der Waals surface area contributed by atoms with E-state index >= 15 is 0 Å². The number of aliphatic carboxylic acids is 2. The van der Waals surface area contributed by atoms with Gasteiger partial charge in [-0.05, 0) is 12.1 Å². The van der Waals surface area contributed by atoms with E-state index in [9.17, 15) is 19.2 Å². The van der Waals surface area contributed by atoms with Crippen LogP contribution >= 0.6 is 11.6 Å². The van der Waals surface area contributed by atoms with Crippen molar-refractivity contribution in [2.24, 2.45) is 14.1 Å². The first-order valence-electron chi connectivity index (χ1n) is 11.4. The number of benzene rings is 1. The molecule has 0 spiro atoms. The largest absolute Gasteiger partial charge is 0.481 e. The highest BCUT2D eigenvalue weighted by atomic mass is 35.5. The number of halogens is 1. The molecule has 0 bridgehead atoms. The van der Waals surface area contributed by atoms with E-state index in [1.165, 1.54) is 11.6 Å². The third-order valence-electron chi connectivity index (χ3n) is 5.99. The van der Waals surface area contributed by atoms with Gasteiger partial charge in [0.25, 0.3) is 5.56 Å². The Balaban J connectivity index is 0.000000392. The Morgan fingerprint density at radius 3 is 2.14 bits per heavy atom. The number of aryl methyl sites for hydroxylation is 1. The molecule has 2 aromatic heterocycles. The predicted octanol–water partition coefficient (Wildman–Crippen LogP) is 0.845. The lowest BCUT2D eigenvalue weighted by Crippen LogP contribution is -2.47. The quantitative estimate of drug-likeness (QED) is 0.463. The number of piperazine rings is 1. The summed E-state index contributed by atoms with van der Waals surface area (Å²) in [6.45, 7) is 5.13. The van der Waals surface area contributed by atoms with E-state index in [1.807, 2.05) is 22.8 Å². The molecule has 0 saturated carbocycles. The molecule has 36 heavy (non-hydrogen) atoms. The van der Waals surface area contributed by atoms with Crippen LogP contribution in [-0.4, -0.2) is 78.5 Å². The minimum absolute atomic E-state index is 0.296. The number of hydrogen-bond acceptors (Lipinski definition) is 7. The zero-order chi connectivity index (χ0) is 26.4. The second-order valence-electron chi connectivity index (χ2n) is 8.38. The molecule has 1 aliphatic rings. The standard InChI is InChI=1S/C19H23ClN6O2.C4H6O4/c1-22-17-16(18(27)23(2)19(22)28)26(13-21-17)12-9-24-7-10-25(11-8-24)15-6-4-3-5-14(15)20;5-3(6)1-2-4(7)8/h3-6,13H,7-12H2,1-2H3;1-2H2,(H,5,6)(H,7,8). The highest BCUT2D eigenvalue weighted by molar-refractivity contribution is 6.33. The molecule has 3 heterocycles. The van der Waals surface area contributed by atoms with Crippen molar-refractivity contribution < 1.29 is 19.8 Å². The predicted molar refractivity (Wildman–Crippen MR) is 135 cm³/mol. The number of carboxylic acids is 2. The number of rotatable bonds is 7. The number of carboxylic acid groups (broad SMARTS) is 2. The zero-order valence-corrected chi connectivity index (χ0v) is 20.9. The Bertz CT molecular complexity index is 1340. The molecule has 194 valence electrons. The van der Waals surface area contributed by atoms with E-state index in [4.69, 9.17) is 21.8 Å². The second-order valence-corrected chi connectivity index (χ2v) is 8.79. The van der Waals surface area contributed by atoms with Gasteiger partial charge in [-0.1, -0.05) is 23.7 Å². The van der Waals surface area contributed by atoms with Crippen molar-refractivity contribution in [1.82, 2.24) is 23.6 Å². The minimum atomic E-state index is -1.08. The van der Waals surface area contributed by atoms with Crippen molar-refractivity contribution in [2.75, 3.05) is 37.6 Å². The molecule has 4 rings (SSSR count). The van der Waals surface area contributed by atoms with Crippen molar-refractivity contribution in [3.63, 3.8) is 0 Å². The number of nitrogens with zero attached hydrogens (tertiary/aromatic N) is 6. The van der Waals surface area contributed by atoms with Gasteiger partial charge in [-0.15, -0.1) is 0 Å². The van der Waals surface area contributed by atoms with Crippen LogP contribution in [0.3, 0.4) is 0 Å². The van der Waals surface area contributed by atoms with Gasteiger partial charge in [-0.3, -0.25) is 28.4 Å². The van der Waals surface area contributed by atoms with Crippen LogP contribution in [0.2, 0.25) is 5.02 Å². The van der Waals surface area contributed by atoms with Gasteiger partial charge in [-0.25, -0.2) is 9.78 Å². The fourth-order valence-electron chi connectivity index (χ4n) is 3.95. The monoisotopic (exact) mass is 520 g/mol. The van der Waals surface area contributed by atoms with Gasteiger partial charge in [0.15, 0.2) is 11.2 Å². The lowest BCUT2D eigenvalue weighted by Gasteiger charge is -2.36. The molecule has 1 saturated heterocycles. The molecule has 0 unspecified atom stereocenters. The molecular weight excluding hydrogens is 492 g/mol. The molecule has 13 heteroatoms. The molecule has 0 aliphatic carbocycles. The van der Waals surface area contributed by atoms with E-state index in [2.05, 4.69) is 20.9 Å². The van der Waals surface area contributed by atoms with Gasteiger partial charge in [0.05, 0.1) is 29.9 Å². The van der Waals surface area contributed by atoms with Crippen LogP contribution in [0.5, 0.6) is 0 Å². The van der Waals surface area contributed by atoms with Crippen LogP contribution in [-0.2, 0) is 30.2 Å². The Labute approximate surface area is 211 Å². The van der Waals surface area contributed by atoms with Gasteiger partial charge < -0.3 is 19.7 Å². The average molecular weight is 521 g/mol. The van der Waals surface area contributed by atoms with E-state index in [0.29, 0.717) is 17.7 Å².